The quantitative estimate of drug-likeness (QED) is 0.170. The van der Waals surface area contributed by atoms with Crippen molar-refractivity contribution in [1.29, 1.82) is 0 Å². The van der Waals surface area contributed by atoms with Gasteiger partial charge in [-0.15, -0.1) is 0 Å². The Hall–Kier alpha value is -6.90. The Morgan fingerprint density at radius 3 is 1.65 bits per heavy atom. The first-order chi connectivity index (χ1) is 25.8. The first-order valence-electron chi connectivity index (χ1n) is 17.4. The summed E-state index contributed by atoms with van der Waals surface area (Å²) >= 11 is 0. The maximum absolute atomic E-state index is 6.63. The second kappa shape index (κ2) is 10.1. The maximum Gasteiger partial charge on any atom is 0.384 e. The van der Waals surface area contributed by atoms with Crippen LogP contribution in [0.5, 0.6) is 11.5 Å². The Morgan fingerprint density at radius 1 is 0.462 bits per heavy atom. The Labute approximate surface area is 298 Å². The molecule has 52 heavy (non-hydrogen) atoms. The first-order valence-corrected chi connectivity index (χ1v) is 19.3. The summed E-state index contributed by atoms with van der Waals surface area (Å²) in [5.41, 5.74) is 6.80. The molecule has 7 nitrogen and oxygen atoms in total. The molecule has 0 atom stereocenters. The number of hydrogen-bond acceptors (Lipinski definition) is 5. The molecule has 0 radical (unpaired) electrons. The number of rotatable bonds is 2. The minimum absolute atomic E-state index is 0.835. The van der Waals surface area contributed by atoms with Crippen LogP contribution in [0.3, 0.4) is 0 Å². The van der Waals surface area contributed by atoms with Crippen LogP contribution < -0.4 is 20.0 Å². The Balaban J connectivity index is 1.16. The van der Waals surface area contributed by atoms with Crippen molar-refractivity contribution in [3.63, 3.8) is 0 Å². The van der Waals surface area contributed by atoms with Gasteiger partial charge >= 0.3 is 8.40 Å². The molecule has 2 aliphatic heterocycles. The first kappa shape index (κ1) is 27.9. The van der Waals surface area contributed by atoms with Crippen LogP contribution in [-0.2, 0) is 0 Å². The Bertz CT molecular complexity index is 2960. The number of ether oxygens (including phenoxy) is 1. The van der Waals surface area contributed by atoms with Crippen molar-refractivity contribution in [1.82, 2.24) is 18.9 Å². The molecule has 0 saturated heterocycles. The van der Waals surface area contributed by atoms with Crippen LogP contribution >= 0.6 is 0 Å². The highest BCUT2D eigenvalue weighted by molar-refractivity contribution is 7.01. The van der Waals surface area contributed by atoms with Crippen molar-refractivity contribution in [2.75, 3.05) is 4.90 Å². The highest BCUT2D eigenvalue weighted by atomic mass is 28.3. The lowest BCUT2D eigenvalue weighted by Gasteiger charge is -2.44. The lowest BCUT2D eigenvalue weighted by atomic mass is 10.0. The molecule has 2 aliphatic rings. The Kier molecular flexibility index (Phi) is 5.41. The van der Waals surface area contributed by atoms with Crippen molar-refractivity contribution >= 4 is 79.8 Å². The molecule has 0 unspecified atom stereocenters. The predicted molar refractivity (Wildman–Crippen MR) is 209 cm³/mol. The van der Waals surface area contributed by atoms with Gasteiger partial charge in [-0.2, -0.15) is 10.2 Å². The molecular weight excluding hydrogens is 659 g/mol. The smallest absolute Gasteiger partial charge is 0.384 e. The van der Waals surface area contributed by atoms with Crippen molar-refractivity contribution < 1.29 is 9.15 Å². The number of aromatic nitrogens is 4. The van der Waals surface area contributed by atoms with Crippen LogP contribution in [0.2, 0.25) is 0 Å². The topological polar surface area (TPSA) is 61.2 Å². The molecule has 8 heteroatoms. The molecule has 0 amide bonds. The van der Waals surface area contributed by atoms with Crippen molar-refractivity contribution in [3.8, 4) is 22.6 Å². The largest absolute Gasteiger partial charge is 0.457 e. The third-order valence-electron chi connectivity index (χ3n) is 10.7. The van der Waals surface area contributed by atoms with Crippen LogP contribution in [0.25, 0.3) is 54.9 Å². The predicted octanol–water partition coefficient (Wildman–Crippen LogP) is 9.49. The van der Waals surface area contributed by atoms with E-state index in [1.807, 2.05) is 24.3 Å². The van der Waals surface area contributed by atoms with Gasteiger partial charge in [0.15, 0.2) is 0 Å². The summed E-state index contributed by atoms with van der Waals surface area (Å²) in [6, 6.07) is 57.2. The number of benzene rings is 7. The summed E-state index contributed by atoms with van der Waals surface area (Å²) in [7, 11) is -3.27. The minimum Gasteiger partial charge on any atom is -0.457 e. The molecule has 1 spiro atoms. The van der Waals surface area contributed by atoms with E-state index < -0.39 is 8.40 Å². The van der Waals surface area contributed by atoms with Crippen LogP contribution in [0.15, 0.2) is 168 Å². The minimum atomic E-state index is -3.27. The zero-order chi connectivity index (χ0) is 34.0. The van der Waals surface area contributed by atoms with E-state index >= 15 is 0 Å². The zero-order valence-corrected chi connectivity index (χ0v) is 28.6. The maximum atomic E-state index is 6.63. The highest BCUT2D eigenvalue weighted by Crippen LogP contribution is 2.49. The molecule has 5 heterocycles. The summed E-state index contributed by atoms with van der Waals surface area (Å²) in [6.07, 6.45) is 0. The molecule has 10 aromatic rings. The normalized spacial score (nSPS) is 14.0. The lowest BCUT2D eigenvalue weighted by Crippen LogP contribution is -2.74. The molecule has 0 fully saturated rings. The van der Waals surface area contributed by atoms with Crippen molar-refractivity contribution in [3.05, 3.63) is 164 Å². The van der Waals surface area contributed by atoms with Gasteiger partial charge in [0, 0.05) is 43.2 Å². The third kappa shape index (κ3) is 3.48. The fourth-order valence-corrected chi connectivity index (χ4v) is 13.1. The van der Waals surface area contributed by atoms with Gasteiger partial charge in [0.2, 0.25) is 0 Å². The van der Waals surface area contributed by atoms with Gasteiger partial charge in [-0.05, 0) is 60.2 Å². The summed E-state index contributed by atoms with van der Waals surface area (Å²) < 4.78 is 17.7. The molecule has 0 bridgehead atoms. The van der Waals surface area contributed by atoms with E-state index in [-0.39, 0.29) is 0 Å². The number of furan rings is 1. The number of anilines is 3. The molecule has 244 valence electrons. The standard InChI is InChI=1S/C44H27N5O2Si/c1-4-17-35-33(13-1)43-47(29-26-24-28(25-27-29)30-15-11-16-32-31-12-3-6-19-37(31)51-42(30)32)44-34-14-2-5-18-36(34)46-49(44)52(48(43)45-35)40-22-9-7-20-38(40)50-39-21-8-10-23-41(39)52/h1-27H. The van der Waals surface area contributed by atoms with E-state index in [4.69, 9.17) is 19.4 Å². The Morgan fingerprint density at radius 2 is 1.00 bits per heavy atom. The van der Waals surface area contributed by atoms with E-state index in [2.05, 4.69) is 153 Å². The number of fused-ring (bicyclic) bond motifs is 15. The van der Waals surface area contributed by atoms with E-state index in [0.717, 1.165) is 94.1 Å². The summed E-state index contributed by atoms with van der Waals surface area (Å²) in [6.45, 7) is 0. The SMILES string of the molecule is c1ccc2c(c1)Oc1ccccc1[Si]21n2nc3ccccc3c2N(c2ccc(-c3cccc4c3oc3ccccc34)cc2)c2c3ccccc3nn21. The molecular formula is C44H27N5O2Si. The van der Waals surface area contributed by atoms with E-state index in [1.54, 1.807) is 0 Å². The van der Waals surface area contributed by atoms with Crippen LogP contribution in [-0.4, -0.2) is 27.3 Å². The molecule has 12 rings (SSSR count). The van der Waals surface area contributed by atoms with E-state index in [1.165, 1.54) is 0 Å². The molecule has 7 aromatic carbocycles. The second-order valence-corrected chi connectivity index (χ2v) is 16.7. The summed E-state index contributed by atoms with van der Waals surface area (Å²) in [4.78, 5) is 2.36. The van der Waals surface area contributed by atoms with Crippen molar-refractivity contribution in [2.24, 2.45) is 0 Å². The van der Waals surface area contributed by atoms with Crippen molar-refractivity contribution in [2.45, 2.75) is 0 Å². The fraction of sp³-hybridized carbons (Fsp3) is 0. The monoisotopic (exact) mass is 685 g/mol. The van der Waals surface area contributed by atoms with E-state index in [9.17, 15) is 0 Å². The van der Waals surface area contributed by atoms with Gasteiger partial charge in [0.25, 0.3) is 0 Å². The molecule has 0 aliphatic carbocycles. The van der Waals surface area contributed by atoms with Gasteiger partial charge in [-0.25, -0.2) is 8.69 Å². The summed E-state index contributed by atoms with van der Waals surface area (Å²) in [5, 5.41) is 17.6. The van der Waals surface area contributed by atoms with Gasteiger partial charge in [0.1, 0.15) is 34.3 Å². The van der Waals surface area contributed by atoms with Crippen LogP contribution in [0, 0.1) is 0 Å². The van der Waals surface area contributed by atoms with Crippen LogP contribution in [0.4, 0.5) is 17.3 Å². The second-order valence-electron chi connectivity index (χ2n) is 13.4. The van der Waals surface area contributed by atoms with Crippen LogP contribution in [0.1, 0.15) is 0 Å². The molecule has 0 N–H and O–H groups in total. The highest BCUT2D eigenvalue weighted by Gasteiger charge is 2.58. The van der Waals surface area contributed by atoms with Gasteiger partial charge < -0.3 is 9.15 Å². The van der Waals surface area contributed by atoms with Gasteiger partial charge in [-0.3, -0.25) is 4.90 Å². The average molecular weight is 686 g/mol. The van der Waals surface area contributed by atoms with Gasteiger partial charge in [-0.1, -0.05) is 109 Å². The lowest BCUT2D eigenvalue weighted by molar-refractivity contribution is 0.484. The third-order valence-corrected chi connectivity index (χ3v) is 14.9. The molecule has 0 saturated carbocycles. The fourth-order valence-electron chi connectivity index (χ4n) is 8.53. The molecule has 3 aromatic heterocycles. The number of hydrogen-bond donors (Lipinski definition) is 0. The number of nitrogens with zero attached hydrogens (tertiary/aromatic N) is 5. The number of para-hydroxylation sites is 4. The van der Waals surface area contributed by atoms with Gasteiger partial charge in [0.05, 0.1) is 11.0 Å². The summed E-state index contributed by atoms with van der Waals surface area (Å²) in [5.74, 6) is 3.70. The average Bonchev–Trinajstić information content (AvgIpc) is 3.91. The zero-order valence-electron chi connectivity index (χ0n) is 27.6. The van der Waals surface area contributed by atoms with E-state index in [0.29, 0.717) is 0 Å².